The molecular formula is C13H20N2O4. The second kappa shape index (κ2) is 6.82. The minimum absolute atomic E-state index is 0.139. The van der Waals surface area contributed by atoms with Crippen LogP contribution in [0.2, 0.25) is 0 Å². The predicted molar refractivity (Wildman–Crippen MR) is 69.7 cm³/mol. The molecule has 0 spiro atoms. The molecule has 1 aromatic heterocycles. The number of urea groups is 1. The zero-order valence-electron chi connectivity index (χ0n) is 11.4. The molecule has 2 amide bonds. The van der Waals surface area contributed by atoms with E-state index in [1.54, 1.807) is 19.1 Å². The maximum atomic E-state index is 12.1. The van der Waals surface area contributed by atoms with Crippen molar-refractivity contribution in [3.8, 4) is 0 Å². The highest BCUT2D eigenvalue weighted by molar-refractivity contribution is 5.80. The van der Waals surface area contributed by atoms with Crippen LogP contribution >= 0.6 is 0 Å². The van der Waals surface area contributed by atoms with Gasteiger partial charge in [0.25, 0.3) is 0 Å². The van der Waals surface area contributed by atoms with Gasteiger partial charge in [0.05, 0.1) is 12.3 Å². The van der Waals surface area contributed by atoms with Crippen LogP contribution < -0.4 is 5.32 Å². The van der Waals surface area contributed by atoms with Gasteiger partial charge in [-0.3, -0.25) is 4.79 Å². The zero-order valence-corrected chi connectivity index (χ0v) is 11.4. The van der Waals surface area contributed by atoms with Crippen LogP contribution in [0.5, 0.6) is 0 Å². The van der Waals surface area contributed by atoms with Crippen molar-refractivity contribution < 1.29 is 19.1 Å². The molecule has 2 unspecified atom stereocenters. The molecule has 2 N–H and O–H groups in total. The van der Waals surface area contributed by atoms with Crippen LogP contribution in [0, 0.1) is 0 Å². The quantitative estimate of drug-likeness (QED) is 0.828. The Balaban J connectivity index is 2.68. The van der Waals surface area contributed by atoms with Gasteiger partial charge in [-0.25, -0.2) is 4.79 Å². The zero-order chi connectivity index (χ0) is 14.4. The summed E-state index contributed by atoms with van der Waals surface area (Å²) in [5, 5.41) is 11.6. The molecule has 2 atom stereocenters. The molecule has 1 aromatic rings. The summed E-state index contributed by atoms with van der Waals surface area (Å²) in [7, 11) is 0. The van der Waals surface area contributed by atoms with Crippen molar-refractivity contribution in [1.29, 1.82) is 0 Å². The maximum Gasteiger partial charge on any atom is 0.323 e. The van der Waals surface area contributed by atoms with Crippen LogP contribution in [-0.2, 0) is 4.79 Å². The van der Waals surface area contributed by atoms with Crippen molar-refractivity contribution in [3.63, 3.8) is 0 Å². The number of carbonyl (C=O) groups excluding carboxylic acids is 1. The number of nitrogens with one attached hydrogen (secondary N) is 1. The predicted octanol–water partition coefficient (Wildman–Crippen LogP) is 2.24. The molecule has 0 aromatic carbocycles. The topological polar surface area (TPSA) is 82.8 Å². The Morgan fingerprint density at radius 1 is 1.47 bits per heavy atom. The van der Waals surface area contributed by atoms with Gasteiger partial charge in [-0.05, 0) is 32.4 Å². The highest BCUT2D eigenvalue weighted by Gasteiger charge is 2.23. The molecule has 0 radical (unpaired) electrons. The second-order valence-corrected chi connectivity index (χ2v) is 4.47. The fourth-order valence-electron chi connectivity index (χ4n) is 1.67. The molecule has 6 nitrogen and oxygen atoms in total. The number of carboxylic acid groups (broad SMARTS) is 1. The molecule has 1 rings (SSSR count). The highest BCUT2D eigenvalue weighted by Crippen LogP contribution is 2.13. The Hall–Kier alpha value is -1.98. The van der Waals surface area contributed by atoms with Gasteiger partial charge in [-0.15, -0.1) is 0 Å². The van der Waals surface area contributed by atoms with Crippen molar-refractivity contribution >= 4 is 12.0 Å². The Kier molecular flexibility index (Phi) is 5.41. The number of rotatable bonds is 6. The van der Waals surface area contributed by atoms with Crippen LogP contribution in [0.3, 0.4) is 0 Å². The highest BCUT2D eigenvalue weighted by atomic mass is 16.4. The molecule has 19 heavy (non-hydrogen) atoms. The van der Waals surface area contributed by atoms with Crippen molar-refractivity contribution in [3.05, 3.63) is 24.2 Å². The fraction of sp³-hybridized carbons (Fsp3) is 0.538. The van der Waals surface area contributed by atoms with Crippen LogP contribution in [0.4, 0.5) is 4.79 Å². The molecule has 106 valence electrons. The number of furan rings is 1. The first-order chi connectivity index (χ1) is 8.95. The van der Waals surface area contributed by atoms with Gasteiger partial charge in [-0.1, -0.05) is 6.92 Å². The first-order valence-corrected chi connectivity index (χ1v) is 6.28. The SMILES string of the molecule is CCC(C)N(CC(=O)O)C(=O)NC(C)c1ccco1. The summed E-state index contributed by atoms with van der Waals surface area (Å²) in [5.74, 6) is -0.395. The van der Waals surface area contributed by atoms with E-state index in [1.807, 2.05) is 13.8 Å². The van der Waals surface area contributed by atoms with E-state index < -0.39 is 12.0 Å². The average molecular weight is 268 g/mol. The lowest BCUT2D eigenvalue weighted by molar-refractivity contribution is -0.138. The van der Waals surface area contributed by atoms with E-state index in [0.29, 0.717) is 12.2 Å². The van der Waals surface area contributed by atoms with Gasteiger partial charge in [0.1, 0.15) is 12.3 Å². The summed E-state index contributed by atoms with van der Waals surface area (Å²) in [6.07, 6.45) is 2.22. The average Bonchev–Trinajstić information content (AvgIpc) is 2.88. The van der Waals surface area contributed by atoms with E-state index in [1.165, 1.54) is 11.2 Å². The molecule has 0 saturated heterocycles. The molecular weight excluding hydrogens is 248 g/mol. The lowest BCUT2D eigenvalue weighted by atomic mass is 10.2. The molecule has 6 heteroatoms. The summed E-state index contributed by atoms with van der Waals surface area (Å²) in [4.78, 5) is 24.2. The number of nitrogens with zero attached hydrogens (tertiary/aromatic N) is 1. The lowest BCUT2D eigenvalue weighted by Crippen LogP contribution is -2.47. The third-order valence-corrected chi connectivity index (χ3v) is 3.00. The van der Waals surface area contributed by atoms with Crippen LogP contribution in [0.1, 0.15) is 39.0 Å². The van der Waals surface area contributed by atoms with Gasteiger partial charge in [0, 0.05) is 6.04 Å². The van der Waals surface area contributed by atoms with Crippen molar-refractivity contribution in [1.82, 2.24) is 10.2 Å². The Morgan fingerprint density at radius 2 is 2.16 bits per heavy atom. The molecule has 0 bridgehead atoms. The van der Waals surface area contributed by atoms with Gasteiger partial charge >= 0.3 is 12.0 Å². The number of aliphatic carboxylic acids is 1. The second-order valence-electron chi connectivity index (χ2n) is 4.47. The monoisotopic (exact) mass is 268 g/mol. The summed E-state index contributed by atoms with van der Waals surface area (Å²) >= 11 is 0. The number of carbonyl (C=O) groups is 2. The summed E-state index contributed by atoms with van der Waals surface area (Å²) in [6.45, 7) is 5.20. The minimum Gasteiger partial charge on any atom is -0.480 e. The molecule has 0 aliphatic carbocycles. The fourth-order valence-corrected chi connectivity index (χ4v) is 1.67. The van der Waals surface area contributed by atoms with Crippen molar-refractivity contribution in [2.24, 2.45) is 0 Å². The van der Waals surface area contributed by atoms with E-state index in [4.69, 9.17) is 9.52 Å². The van der Waals surface area contributed by atoms with Crippen molar-refractivity contribution in [2.45, 2.75) is 39.3 Å². The Morgan fingerprint density at radius 3 is 2.63 bits per heavy atom. The summed E-state index contributed by atoms with van der Waals surface area (Å²) in [6, 6.07) is 2.65. The normalized spacial score (nSPS) is 13.6. The third-order valence-electron chi connectivity index (χ3n) is 3.00. The molecule has 0 fully saturated rings. The first-order valence-electron chi connectivity index (χ1n) is 6.28. The van der Waals surface area contributed by atoms with Gasteiger partial charge in [0.15, 0.2) is 0 Å². The first kappa shape index (κ1) is 15.1. The van der Waals surface area contributed by atoms with E-state index in [-0.39, 0.29) is 18.6 Å². The number of hydrogen-bond donors (Lipinski definition) is 2. The largest absolute Gasteiger partial charge is 0.480 e. The van der Waals surface area contributed by atoms with E-state index in [9.17, 15) is 9.59 Å². The van der Waals surface area contributed by atoms with Gasteiger partial charge in [-0.2, -0.15) is 0 Å². The van der Waals surface area contributed by atoms with E-state index in [2.05, 4.69) is 5.32 Å². The smallest absolute Gasteiger partial charge is 0.323 e. The summed E-state index contributed by atoms with van der Waals surface area (Å²) in [5.41, 5.74) is 0. The Bertz CT molecular complexity index is 416. The molecule has 1 heterocycles. The van der Waals surface area contributed by atoms with Crippen molar-refractivity contribution in [2.75, 3.05) is 6.54 Å². The number of amides is 2. The molecule has 0 aliphatic rings. The molecule has 0 aliphatic heterocycles. The number of carboxylic acids is 1. The third kappa shape index (κ3) is 4.31. The number of hydrogen-bond acceptors (Lipinski definition) is 3. The standard InChI is InChI=1S/C13H20N2O4/c1-4-9(2)15(8-12(16)17)13(18)14-10(3)11-6-5-7-19-11/h5-7,9-10H,4,8H2,1-3H3,(H,14,18)(H,16,17). The Labute approximate surface area is 112 Å². The molecule has 0 saturated carbocycles. The minimum atomic E-state index is -1.03. The van der Waals surface area contributed by atoms with E-state index >= 15 is 0 Å². The lowest BCUT2D eigenvalue weighted by Gasteiger charge is -2.28. The van der Waals surface area contributed by atoms with E-state index in [0.717, 1.165) is 0 Å². The van der Waals surface area contributed by atoms with Crippen LogP contribution in [0.15, 0.2) is 22.8 Å². The summed E-state index contributed by atoms with van der Waals surface area (Å²) < 4.78 is 5.19. The van der Waals surface area contributed by atoms with Crippen LogP contribution in [0.25, 0.3) is 0 Å². The van der Waals surface area contributed by atoms with Gasteiger partial charge < -0.3 is 19.7 Å². The maximum absolute atomic E-state index is 12.1. The van der Waals surface area contributed by atoms with Gasteiger partial charge in [0.2, 0.25) is 0 Å². The van der Waals surface area contributed by atoms with Crippen LogP contribution in [-0.4, -0.2) is 34.6 Å².